The molecule has 0 radical (unpaired) electrons. The summed E-state index contributed by atoms with van der Waals surface area (Å²) in [6.45, 7) is 6.02. The lowest BCUT2D eigenvalue weighted by molar-refractivity contribution is 0.0475. The number of carbonyl (C=O) groups excluding carboxylic acids is 1. The van der Waals surface area contributed by atoms with Gasteiger partial charge in [0.1, 0.15) is 0 Å². The van der Waals surface area contributed by atoms with Crippen LogP contribution >= 0.6 is 11.6 Å². The van der Waals surface area contributed by atoms with Crippen molar-refractivity contribution < 1.29 is 4.79 Å². The predicted molar refractivity (Wildman–Crippen MR) is 89.4 cm³/mol. The van der Waals surface area contributed by atoms with Crippen LogP contribution < -0.4 is 0 Å². The summed E-state index contributed by atoms with van der Waals surface area (Å²) in [5.74, 6) is 0.125. The van der Waals surface area contributed by atoms with Crippen LogP contribution in [0.2, 0.25) is 5.02 Å². The van der Waals surface area contributed by atoms with Crippen molar-refractivity contribution in [3.05, 3.63) is 34.9 Å². The summed E-state index contributed by atoms with van der Waals surface area (Å²) in [5, 5.41) is 0.670. The molecule has 1 aromatic carbocycles. The maximum atomic E-state index is 12.5. The van der Waals surface area contributed by atoms with Crippen molar-refractivity contribution in [1.82, 2.24) is 14.7 Å². The van der Waals surface area contributed by atoms with Crippen molar-refractivity contribution >= 4 is 17.5 Å². The molecule has 4 nitrogen and oxygen atoms in total. The molecule has 5 heteroatoms. The summed E-state index contributed by atoms with van der Waals surface area (Å²) >= 11 is 5.88. The van der Waals surface area contributed by atoms with Gasteiger partial charge in [-0.2, -0.15) is 0 Å². The Bertz CT molecular complexity index is 503. The van der Waals surface area contributed by atoms with Crippen LogP contribution in [0.4, 0.5) is 0 Å². The first kappa shape index (κ1) is 15.8. The maximum absolute atomic E-state index is 12.5. The molecule has 2 heterocycles. The first-order chi connectivity index (χ1) is 10.6. The van der Waals surface area contributed by atoms with Crippen LogP contribution in [0.3, 0.4) is 0 Å². The highest BCUT2D eigenvalue weighted by Gasteiger charge is 2.28. The van der Waals surface area contributed by atoms with Crippen molar-refractivity contribution in [2.24, 2.45) is 0 Å². The van der Waals surface area contributed by atoms with Crippen LogP contribution in [-0.2, 0) is 0 Å². The van der Waals surface area contributed by atoms with E-state index in [1.54, 1.807) is 12.1 Å². The van der Waals surface area contributed by atoms with E-state index in [0.717, 1.165) is 31.7 Å². The molecule has 0 spiro atoms. The average Bonchev–Trinajstić information content (AvgIpc) is 2.56. The normalized spacial score (nSPS) is 22.0. The van der Waals surface area contributed by atoms with Crippen molar-refractivity contribution in [3.63, 3.8) is 0 Å². The minimum absolute atomic E-state index is 0.125. The third kappa shape index (κ3) is 3.62. The van der Waals surface area contributed by atoms with E-state index in [-0.39, 0.29) is 5.91 Å². The molecule has 0 atom stereocenters. The third-order valence-corrected chi connectivity index (χ3v) is 5.15. The van der Waals surface area contributed by atoms with Gasteiger partial charge >= 0.3 is 0 Å². The molecule has 2 aliphatic rings. The van der Waals surface area contributed by atoms with E-state index in [1.807, 2.05) is 17.0 Å². The number of piperazine rings is 1. The number of hydrogen-bond acceptors (Lipinski definition) is 3. The molecule has 22 heavy (non-hydrogen) atoms. The predicted octanol–water partition coefficient (Wildman–Crippen LogP) is 2.19. The van der Waals surface area contributed by atoms with Crippen molar-refractivity contribution in [2.75, 3.05) is 46.3 Å². The van der Waals surface area contributed by atoms with E-state index in [2.05, 4.69) is 16.8 Å². The molecular weight excluding hydrogens is 298 g/mol. The fourth-order valence-corrected chi connectivity index (χ4v) is 3.55. The van der Waals surface area contributed by atoms with E-state index in [4.69, 9.17) is 11.6 Å². The Morgan fingerprint density at radius 3 is 2.18 bits per heavy atom. The largest absolute Gasteiger partial charge is 0.336 e. The zero-order valence-corrected chi connectivity index (χ0v) is 13.9. The molecule has 0 unspecified atom stereocenters. The summed E-state index contributed by atoms with van der Waals surface area (Å²) in [7, 11) is 2.19. The zero-order valence-electron chi connectivity index (χ0n) is 13.2. The fraction of sp³-hybridized carbons (Fsp3) is 0.588. The van der Waals surface area contributed by atoms with Crippen molar-refractivity contribution in [3.8, 4) is 0 Å². The number of likely N-dealkylation sites (tertiary alicyclic amines) is 1. The van der Waals surface area contributed by atoms with Crippen LogP contribution in [0.15, 0.2) is 24.3 Å². The van der Waals surface area contributed by atoms with Crippen LogP contribution in [0.1, 0.15) is 23.2 Å². The first-order valence-corrected chi connectivity index (χ1v) is 8.49. The summed E-state index contributed by atoms with van der Waals surface area (Å²) < 4.78 is 0. The number of hydrogen-bond donors (Lipinski definition) is 0. The molecule has 0 N–H and O–H groups in total. The molecule has 2 fully saturated rings. The van der Waals surface area contributed by atoms with Gasteiger partial charge in [0.15, 0.2) is 0 Å². The molecule has 1 amide bonds. The van der Waals surface area contributed by atoms with Gasteiger partial charge in [-0.1, -0.05) is 11.6 Å². The molecule has 2 saturated heterocycles. The van der Waals surface area contributed by atoms with E-state index in [9.17, 15) is 4.79 Å². The van der Waals surface area contributed by atoms with Crippen molar-refractivity contribution in [1.29, 1.82) is 0 Å². The smallest absolute Gasteiger partial charge is 0.253 e. The second kappa shape index (κ2) is 6.99. The quantitative estimate of drug-likeness (QED) is 0.835. The Kier molecular flexibility index (Phi) is 5.01. The molecule has 0 aliphatic carbocycles. The number of benzene rings is 1. The van der Waals surface area contributed by atoms with Gasteiger partial charge in [0.2, 0.25) is 0 Å². The highest BCUT2D eigenvalue weighted by molar-refractivity contribution is 6.30. The Morgan fingerprint density at radius 2 is 1.59 bits per heavy atom. The van der Waals surface area contributed by atoms with Crippen molar-refractivity contribution in [2.45, 2.75) is 18.9 Å². The van der Waals surface area contributed by atoms with Gasteiger partial charge in [-0.3, -0.25) is 9.69 Å². The van der Waals surface area contributed by atoms with Crippen LogP contribution in [0.25, 0.3) is 0 Å². The van der Waals surface area contributed by atoms with E-state index >= 15 is 0 Å². The second-order valence-electron chi connectivity index (χ2n) is 6.37. The summed E-state index contributed by atoms with van der Waals surface area (Å²) in [6, 6.07) is 7.89. The zero-order chi connectivity index (χ0) is 15.5. The minimum atomic E-state index is 0.125. The van der Waals surface area contributed by atoms with Crippen LogP contribution in [0, 0.1) is 0 Å². The van der Waals surface area contributed by atoms with Gasteiger partial charge in [0.25, 0.3) is 5.91 Å². The van der Waals surface area contributed by atoms with Gasteiger partial charge in [-0.25, -0.2) is 0 Å². The fourth-order valence-electron chi connectivity index (χ4n) is 3.43. The molecule has 0 saturated carbocycles. The molecule has 1 aromatic rings. The van der Waals surface area contributed by atoms with Gasteiger partial charge < -0.3 is 9.80 Å². The van der Waals surface area contributed by atoms with Gasteiger partial charge in [0, 0.05) is 42.8 Å². The summed E-state index contributed by atoms with van der Waals surface area (Å²) in [6.07, 6.45) is 2.50. The number of rotatable bonds is 2. The van der Waals surface area contributed by atoms with E-state index in [1.165, 1.54) is 25.9 Å². The molecule has 0 bridgehead atoms. The molecular formula is C17H24ClN3O. The SMILES string of the molecule is CN1CCC(N2CCN(C(=O)c3ccc(Cl)cc3)CC2)CC1. The topological polar surface area (TPSA) is 26.8 Å². The van der Waals surface area contributed by atoms with Gasteiger partial charge in [-0.05, 0) is 57.2 Å². The highest BCUT2D eigenvalue weighted by atomic mass is 35.5. The molecule has 120 valence electrons. The second-order valence-corrected chi connectivity index (χ2v) is 6.81. The number of amides is 1. The van der Waals surface area contributed by atoms with Crippen LogP contribution in [-0.4, -0.2) is 73.0 Å². The standard InChI is InChI=1S/C17H24ClN3O/c1-19-8-6-16(7-9-19)20-10-12-21(13-11-20)17(22)14-2-4-15(18)5-3-14/h2-5,16H,6-13H2,1H3. The monoisotopic (exact) mass is 321 g/mol. The van der Waals surface area contributed by atoms with Gasteiger partial charge in [-0.15, -0.1) is 0 Å². The highest BCUT2D eigenvalue weighted by Crippen LogP contribution is 2.18. The summed E-state index contributed by atoms with van der Waals surface area (Å²) in [4.78, 5) is 19.4. The molecule has 3 rings (SSSR count). The maximum Gasteiger partial charge on any atom is 0.253 e. The molecule has 2 aliphatic heterocycles. The summed E-state index contributed by atoms with van der Waals surface area (Å²) in [5.41, 5.74) is 0.733. The lowest BCUT2D eigenvalue weighted by atomic mass is 10.0. The first-order valence-electron chi connectivity index (χ1n) is 8.11. The lowest BCUT2D eigenvalue weighted by Gasteiger charge is -2.42. The number of halogens is 1. The Balaban J connectivity index is 1.53. The lowest BCUT2D eigenvalue weighted by Crippen LogP contribution is -2.54. The Morgan fingerprint density at radius 1 is 1.00 bits per heavy atom. The van der Waals surface area contributed by atoms with Gasteiger partial charge in [0.05, 0.1) is 0 Å². The average molecular weight is 322 g/mol. The van der Waals surface area contributed by atoms with E-state index < -0.39 is 0 Å². The van der Waals surface area contributed by atoms with Crippen LogP contribution in [0.5, 0.6) is 0 Å². The minimum Gasteiger partial charge on any atom is -0.336 e. The van der Waals surface area contributed by atoms with E-state index in [0.29, 0.717) is 11.1 Å². The Hall–Kier alpha value is -1.10. The number of nitrogens with zero attached hydrogens (tertiary/aromatic N) is 3. The molecule has 0 aromatic heterocycles. The third-order valence-electron chi connectivity index (χ3n) is 4.90. The number of carbonyl (C=O) groups is 1. The number of piperidine rings is 1. The Labute approximate surface area is 137 Å².